The number of oxazole rings is 1. The van der Waals surface area contributed by atoms with Crippen LogP contribution in [0.5, 0.6) is 0 Å². The third-order valence-corrected chi connectivity index (χ3v) is 5.20. The summed E-state index contributed by atoms with van der Waals surface area (Å²) in [5.41, 5.74) is -3.55. The Balaban J connectivity index is 1.64. The first-order valence-corrected chi connectivity index (χ1v) is 10.0. The summed E-state index contributed by atoms with van der Waals surface area (Å²) in [6, 6.07) is 1.43. The molecule has 0 unspecified atom stereocenters. The number of hydrogen-bond donors (Lipinski definition) is 1. The molecule has 3 aromatic heterocycles. The van der Waals surface area contributed by atoms with E-state index in [0.717, 1.165) is 12.3 Å². The summed E-state index contributed by atoms with van der Waals surface area (Å²) in [5, 5.41) is 4.74. The average molecular weight is 509 g/mol. The first-order chi connectivity index (χ1) is 16.1. The van der Waals surface area contributed by atoms with Gasteiger partial charge in [0.15, 0.2) is 5.69 Å². The first-order valence-electron chi connectivity index (χ1n) is 10.0. The van der Waals surface area contributed by atoms with E-state index in [-0.39, 0.29) is 35.5 Å². The van der Waals surface area contributed by atoms with Crippen LogP contribution in [0.1, 0.15) is 59.0 Å². The fourth-order valence-electron chi connectivity index (χ4n) is 3.60. The Hall–Kier alpha value is -3.52. The molecule has 7 nitrogen and oxygen atoms in total. The van der Waals surface area contributed by atoms with Crippen LogP contribution >= 0.6 is 0 Å². The van der Waals surface area contributed by atoms with Crippen LogP contribution < -0.4 is 5.32 Å². The lowest BCUT2D eigenvalue weighted by Crippen LogP contribution is -2.32. The Morgan fingerprint density at radius 3 is 2.51 bits per heavy atom. The monoisotopic (exact) mass is 509 g/mol. The molecular formula is C20H15F8N5O2. The van der Waals surface area contributed by atoms with Crippen LogP contribution in [0.3, 0.4) is 0 Å². The quantitative estimate of drug-likeness (QED) is 0.480. The largest absolute Gasteiger partial charge is 0.504 e. The number of amides is 1. The van der Waals surface area contributed by atoms with Crippen molar-refractivity contribution in [1.82, 2.24) is 25.1 Å². The zero-order valence-electron chi connectivity index (χ0n) is 17.6. The number of alkyl halides is 8. The minimum absolute atomic E-state index is 0.0421. The molecule has 0 saturated carbocycles. The van der Waals surface area contributed by atoms with E-state index in [1.54, 1.807) is 0 Å². The Labute approximate surface area is 191 Å². The second-order valence-corrected chi connectivity index (χ2v) is 7.87. The van der Waals surface area contributed by atoms with Gasteiger partial charge in [0.2, 0.25) is 5.89 Å². The third kappa shape index (κ3) is 4.98. The average Bonchev–Trinajstić information content (AvgIpc) is 3.38. The highest BCUT2D eigenvalue weighted by Crippen LogP contribution is 2.36. The maximum absolute atomic E-state index is 13.6. The SMILES string of the molecule is CC(F)(F)c1cc(-c2nc3c(o2)CCC[C@@H]3NC(=O)c2cn(C(F)(F)F)nc2C(F)(F)F)ccn1. The smallest absolute Gasteiger partial charge is 0.441 e. The summed E-state index contributed by atoms with van der Waals surface area (Å²) in [4.78, 5) is 20.4. The van der Waals surface area contributed by atoms with Gasteiger partial charge in [0, 0.05) is 31.3 Å². The van der Waals surface area contributed by atoms with Gasteiger partial charge >= 0.3 is 12.5 Å². The molecule has 4 rings (SSSR count). The molecule has 1 N–H and O–H groups in total. The van der Waals surface area contributed by atoms with Gasteiger partial charge in [-0.2, -0.15) is 31.7 Å². The van der Waals surface area contributed by atoms with Gasteiger partial charge in [-0.1, -0.05) is 0 Å². The minimum Gasteiger partial charge on any atom is -0.441 e. The molecule has 15 heteroatoms. The molecule has 1 amide bonds. The molecule has 1 aliphatic carbocycles. The van der Waals surface area contributed by atoms with Gasteiger partial charge in [0.25, 0.3) is 11.8 Å². The lowest BCUT2D eigenvalue weighted by Gasteiger charge is -2.21. The van der Waals surface area contributed by atoms with Gasteiger partial charge < -0.3 is 9.73 Å². The number of aryl methyl sites for hydroxylation is 1. The number of carbonyl (C=O) groups is 1. The molecule has 1 aliphatic rings. The predicted octanol–water partition coefficient (Wildman–Crippen LogP) is 5.35. The molecule has 3 aromatic rings. The molecule has 0 saturated heterocycles. The third-order valence-electron chi connectivity index (χ3n) is 5.20. The number of nitrogens with zero attached hydrogens (tertiary/aromatic N) is 4. The summed E-state index contributed by atoms with van der Waals surface area (Å²) >= 11 is 0. The molecule has 1 atom stereocenters. The molecule has 0 radical (unpaired) electrons. The van der Waals surface area contributed by atoms with E-state index in [1.165, 1.54) is 6.07 Å². The molecule has 0 fully saturated rings. The number of rotatable bonds is 4. The number of halogens is 8. The number of aromatic nitrogens is 4. The second-order valence-electron chi connectivity index (χ2n) is 7.87. The summed E-state index contributed by atoms with van der Waals surface area (Å²) in [6.07, 6.45) is -8.54. The summed E-state index contributed by atoms with van der Waals surface area (Å²) < 4.78 is 110. The molecule has 0 spiro atoms. The van der Waals surface area contributed by atoms with Crippen LogP contribution in [-0.4, -0.2) is 25.7 Å². The summed E-state index contributed by atoms with van der Waals surface area (Å²) in [6.45, 7) is 0.654. The zero-order chi connectivity index (χ0) is 25.8. The number of nitrogens with one attached hydrogen (secondary N) is 1. The van der Waals surface area contributed by atoms with E-state index in [1.807, 2.05) is 0 Å². The lowest BCUT2D eigenvalue weighted by atomic mass is 9.96. The number of pyridine rings is 1. The van der Waals surface area contributed by atoms with Crippen molar-refractivity contribution in [2.24, 2.45) is 0 Å². The van der Waals surface area contributed by atoms with Gasteiger partial charge in [-0.15, -0.1) is 13.2 Å². The van der Waals surface area contributed by atoms with Crippen molar-refractivity contribution in [3.8, 4) is 11.5 Å². The molecule has 0 bridgehead atoms. The first kappa shape index (κ1) is 24.6. The Bertz CT molecular complexity index is 1260. The molecule has 0 aliphatic heterocycles. The van der Waals surface area contributed by atoms with Crippen molar-refractivity contribution in [1.29, 1.82) is 0 Å². The minimum atomic E-state index is -5.32. The number of fused-ring (bicyclic) bond motifs is 1. The van der Waals surface area contributed by atoms with Gasteiger partial charge in [0.1, 0.15) is 17.1 Å². The predicted molar refractivity (Wildman–Crippen MR) is 101 cm³/mol. The molecule has 188 valence electrons. The maximum Gasteiger partial charge on any atom is 0.504 e. The van der Waals surface area contributed by atoms with Crippen LogP contribution in [0.2, 0.25) is 0 Å². The van der Waals surface area contributed by atoms with E-state index >= 15 is 0 Å². The second kappa shape index (κ2) is 8.30. The normalized spacial score (nSPS) is 16.8. The van der Waals surface area contributed by atoms with Crippen LogP contribution in [0.4, 0.5) is 35.1 Å². The van der Waals surface area contributed by atoms with Crippen molar-refractivity contribution in [3.63, 3.8) is 0 Å². The van der Waals surface area contributed by atoms with Crippen molar-refractivity contribution in [3.05, 3.63) is 52.9 Å². The molecular weight excluding hydrogens is 494 g/mol. The number of hydrogen-bond acceptors (Lipinski definition) is 5. The van der Waals surface area contributed by atoms with Crippen LogP contribution in [0.15, 0.2) is 28.9 Å². The van der Waals surface area contributed by atoms with Crippen LogP contribution in [0, 0.1) is 0 Å². The molecule has 35 heavy (non-hydrogen) atoms. The molecule has 3 heterocycles. The zero-order valence-corrected chi connectivity index (χ0v) is 17.6. The van der Waals surface area contributed by atoms with Gasteiger partial charge in [-0.05, 0) is 25.0 Å². The van der Waals surface area contributed by atoms with Crippen molar-refractivity contribution in [2.45, 2.75) is 50.6 Å². The van der Waals surface area contributed by atoms with E-state index in [9.17, 15) is 39.9 Å². The van der Waals surface area contributed by atoms with Gasteiger partial charge in [-0.25, -0.2) is 4.98 Å². The number of carbonyl (C=O) groups excluding carboxylic acids is 1. The summed E-state index contributed by atoms with van der Waals surface area (Å²) in [5.74, 6) is -4.49. The Morgan fingerprint density at radius 1 is 1.17 bits per heavy atom. The van der Waals surface area contributed by atoms with Gasteiger partial charge in [0.05, 0.1) is 11.6 Å². The Kier molecular flexibility index (Phi) is 5.84. The Morgan fingerprint density at radius 2 is 1.89 bits per heavy atom. The highest BCUT2D eigenvalue weighted by atomic mass is 19.4. The fraction of sp³-hybridized carbons (Fsp3) is 0.400. The van der Waals surface area contributed by atoms with Crippen molar-refractivity contribution in [2.75, 3.05) is 0 Å². The van der Waals surface area contributed by atoms with Crippen molar-refractivity contribution >= 4 is 5.91 Å². The van der Waals surface area contributed by atoms with E-state index in [2.05, 4.69) is 20.4 Å². The van der Waals surface area contributed by atoms with Crippen molar-refractivity contribution < 1.29 is 44.3 Å². The van der Waals surface area contributed by atoms with Crippen LogP contribution in [-0.2, 0) is 24.8 Å². The standard InChI is InChI=1S/C20H15F8N5O2/c1-18(21,22)13-7-9(5-6-29-13)17-31-14-11(3-2-4-12(14)35-17)30-16(34)10-8-33(20(26,27)28)32-15(10)19(23,24)25/h5-8,11H,2-4H2,1H3,(H,30,34)/t11-/m0/s1. The lowest BCUT2D eigenvalue weighted by molar-refractivity contribution is -0.214. The summed E-state index contributed by atoms with van der Waals surface area (Å²) in [7, 11) is 0. The maximum atomic E-state index is 13.6. The van der Waals surface area contributed by atoms with Gasteiger partial charge in [-0.3, -0.25) is 9.78 Å². The van der Waals surface area contributed by atoms with E-state index in [0.29, 0.717) is 19.8 Å². The highest BCUT2D eigenvalue weighted by Gasteiger charge is 2.43. The molecule has 0 aromatic carbocycles. The van der Waals surface area contributed by atoms with E-state index in [4.69, 9.17) is 4.42 Å². The fourth-order valence-corrected chi connectivity index (χ4v) is 3.60. The highest BCUT2D eigenvalue weighted by molar-refractivity contribution is 5.95. The van der Waals surface area contributed by atoms with E-state index < -0.39 is 52.0 Å². The van der Waals surface area contributed by atoms with Crippen LogP contribution in [0.25, 0.3) is 11.5 Å². The topological polar surface area (TPSA) is 85.8 Å².